The van der Waals surface area contributed by atoms with Gasteiger partial charge < -0.3 is 0 Å². The fourth-order valence-electron chi connectivity index (χ4n) is 1.47. The molecule has 0 saturated heterocycles. The lowest BCUT2D eigenvalue weighted by Gasteiger charge is -2.13. The number of hydrogen-bond donors (Lipinski definition) is 0. The molecule has 0 fully saturated rings. The summed E-state index contributed by atoms with van der Waals surface area (Å²) in [6.45, 7) is 24.0. The first-order valence-electron chi connectivity index (χ1n) is 9.45. The number of unbranched alkanes of at least 4 members (excludes halogenated alkanes) is 2. The second-order valence-corrected chi connectivity index (χ2v) is 5.90. The molecule has 0 heterocycles. The number of rotatable bonds is 7. The Morgan fingerprint density at radius 1 is 0.600 bits per heavy atom. The molecule has 1 atom stereocenters. The fourth-order valence-corrected chi connectivity index (χ4v) is 1.47. The molecule has 0 bridgehead atoms. The fraction of sp³-hybridized carbons (Fsp3) is 1.00. The van der Waals surface area contributed by atoms with Gasteiger partial charge in [-0.2, -0.15) is 0 Å². The first kappa shape index (κ1) is 28.2. The molecule has 0 saturated carbocycles. The molecule has 0 heteroatoms. The van der Waals surface area contributed by atoms with E-state index in [1.807, 2.05) is 27.7 Å². The van der Waals surface area contributed by atoms with Gasteiger partial charge in [0.25, 0.3) is 0 Å². The van der Waals surface area contributed by atoms with E-state index in [-0.39, 0.29) is 0 Å². The molecule has 0 aliphatic heterocycles. The minimum absolute atomic E-state index is 0.872. The van der Waals surface area contributed by atoms with Crippen molar-refractivity contribution in [1.82, 2.24) is 0 Å². The molecular weight excluding hydrogens is 240 g/mol. The maximum atomic E-state index is 2.35. The average molecular weight is 289 g/mol. The Morgan fingerprint density at radius 2 is 0.950 bits per heavy atom. The van der Waals surface area contributed by atoms with E-state index in [0.717, 1.165) is 17.8 Å². The van der Waals surface area contributed by atoms with Crippen LogP contribution in [0.1, 0.15) is 115 Å². The predicted octanol–water partition coefficient (Wildman–Crippen LogP) is 8.35. The second kappa shape index (κ2) is 27.4. The molecule has 0 aromatic rings. The van der Waals surface area contributed by atoms with E-state index >= 15 is 0 Å². The second-order valence-electron chi connectivity index (χ2n) is 5.90. The summed E-state index contributed by atoms with van der Waals surface area (Å²) in [6.07, 6.45) is 8.30. The van der Waals surface area contributed by atoms with Gasteiger partial charge in [-0.1, -0.05) is 115 Å². The van der Waals surface area contributed by atoms with Crippen LogP contribution >= 0.6 is 0 Å². The molecular formula is C20H48. The molecule has 128 valence electrons. The van der Waals surface area contributed by atoms with Gasteiger partial charge in [-0.05, 0) is 17.8 Å². The van der Waals surface area contributed by atoms with Gasteiger partial charge in [0.15, 0.2) is 0 Å². The molecule has 20 heavy (non-hydrogen) atoms. The summed E-state index contributed by atoms with van der Waals surface area (Å²) in [6, 6.07) is 0. The zero-order valence-electron chi connectivity index (χ0n) is 17.0. The smallest absolute Gasteiger partial charge is 0.0420 e. The summed E-state index contributed by atoms with van der Waals surface area (Å²) in [5, 5.41) is 0. The molecule has 0 aliphatic carbocycles. The molecule has 0 amide bonds. The predicted molar refractivity (Wildman–Crippen MR) is 101 cm³/mol. The normalized spacial score (nSPS) is 10.7. The Labute approximate surface area is 133 Å². The van der Waals surface area contributed by atoms with E-state index < -0.39 is 0 Å². The summed E-state index contributed by atoms with van der Waals surface area (Å²) in [7, 11) is 0. The summed E-state index contributed by atoms with van der Waals surface area (Å²) < 4.78 is 0. The number of hydrogen-bond acceptors (Lipinski definition) is 0. The average Bonchev–Trinajstić information content (AvgIpc) is 2.47. The van der Waals surface area contributed by atoms with Crippen molar-refractivity contribution in [3.8, 4) is 0 Å². The largest absolute Gasteiger partial charge is 0.0683 e. The lowest BCUT2D eigenvalue weighted by molar-refractivity contribution is 0.381. The molecule has 0 aromatic heterocycles. The van der Waals surface area contributed by atoms with Crippen molar-refractivity contribution >= 4 is 0 Å². The molecule has 0 rings (SSSR count). The van der Waals surface area contributed by atoms with Crippen molar-refractivity contribution in [2.24, 2.45) is 17.8 Å². The van der Waals surface area contributed by atoms with Crippen molar-refractivity contribution in [2.45, 2.75) is 115 Å². The van der Waals surface area contributed by atoms with Gasteiger partial charge in [-0.25, -0.2) is 0 Å². The van der Waals surface area contributed by atoms with Gasteiger partial charge in [-0.3, -0.25) is 0 Å². The van der Waals surface area contributed by atoms with E-state index in [2.05, 4.69) is 48.5 Å². The highest BCUT2D eigenvalue weighted by atomic mass is 14.1. The maximum Gasteiger partial charge on any atom is -0.0420 e. The summed E-state index contributed by atoms with van der Waals surface area (Å²) >= 11 is 0. The highest BCUT2D eigenvalue weighted by Gasteiger charge is 2.04. The highest BCUT2D eigenvalue weighted by molar-refractivity contribution is 4.55. The Morgan fingerprint density at radius 3 is 1.15 bits per heavy atom. The van der Waals surface area contributed by atoms with Crippen LogP contribution in [0.4, 0.5) is 0 Å². The molecule has 0 aliphatic rings. The first-order valence-corrected chi connectivity index (χ1v) is 9.45. The van der Waals surface area contributed by atoms with E-state index in [1.165, 1.54) is 38.5 Å². The van der Waals surface area contributed by atoms with Gasteiger partial charge in [0.1, 0.15) is 0 Å². The van der Waals surface area contributed by atoms with Crippen LogP contribution in [-0.2, 0) is 0 Å². The maximum absolute atomic E-state index is 2.35. The summed E-state index contributed by atoms with van der Waals surface area (Å²) in [5.74, 6) is 2.70. The van der Waals surface area contributed by atoms with Crippen LogP contribution in [0.15, 0.2) is 0 Å². The van der Waals surface area contributed by atoms with E-state index in [9.17, 15) is 0 Å². The van der Waals surface area contributed by atoms with Gasteiger partial charge in [-0.15, -0.1) is 0 Å². The van der Waals surface area contributed by atoms with Crippen molar-refractivity contribution in [3.05, 3.63) is 0 Å². The molecule has 0 N–H and O–H groups in total. The Bertz CT molecular complexity index is 113. The van der Waals surface area contributed by atoms with Crippen LogP contribution in [-0.4, -0.2) is 0 Å². The minimum atomic E-state index is 0.872. The zero-order valence-corrected chi connectivity index (χ0v) is 17.0. The van der Waals surface area contributed by atoms with Gasteiger partial charge in [0.05, 0.1) is 0 Å². The minimum Gasteiger partial charge on any atom is -0.0683 e. The third-order valence-corrected chi connectivity index (χ3v) is 3.29. The van der Waals surface area contributed by atoms with Crippen molar-refractivity contribution < 1.29 is 0 Å². The van der Waals surface area contributed by atoms with Crippen LogP contribution < -0.4 is 0 Å². The van der Waals surface area contributed by atoms with Gasteiger partial charge >= 0.3 is 0 Å². The highest BCUT2D eigenvalue weighted by Crippen LogP contribution is 2.16. The van der Waals surface area contributed by atoms with E-state index in [1.54, 1.807) is 0 Å². The van der Waals surface area contributed by atoms with Crippen LogP contribution in [0.3, 0.4) is 0 Å². The van der Waals surface area contributed by atoms with Crippen LogP contribution in [0, 0.1) is 17.8 Å². The van der Waals surface area contributed by atoms with Crippen molar-refractivity contribution in [1.29, 1.82) is 0 Å². The summed E-state index contributed by atoms with van der Waals surface area (Å²) in [4.78, 5) is 0. The Hall–Kier alpha value is 0. The van der Waals surface area contributed by atoms with Gasteiger partial charge in [0, 0.05) is 0 Å². The molecule has 0 aromatic carbocycles. The van der Waals surface area contributed by atoms with Crippen LogP contribution in [0.2, 0.25) is 0 Å². The van der Waals surface area contributed by atoms with E-state index in [4.69, 9.17) is 0 Å². The third kappa shape index (κ3) is 36.1. The zero-order chi connectivity index (χ0) is 17.0. The van der Waals surface area contributed by atoms with Crippen LogP contribution in [0.25, 0.3) is 0 Å². The van der Waals surface area contributed by atoms with Crippen LogP contribution in [0.5, 0.6) is 0 Å². The summed E-state index contributed by atoms with van der Waals surface area (Å²) in [5.41, 5.74) is 0. The lowest BCUT2D eigenvalue weighted by atomic mass is 9.93. The molecule has 0 radical (unpaired) electrons. The van der Waals surface area contributed by atoms with Crippen molar-refractivity contribution in [3.63, 3.8) is 0 Å². The molecule has 0 spiro atoms. The standard InChI is InChI=1S/C9H20.C7H16.2C2H6/c1-5-6-7-9(4)8(2)3;1-4-5-6-7(2)3;2*1-2/h8-9H,5-7H2,1-4H3;7H,4-6H2,1-3H3;2*1-2H3. The topological polar surface area (TPSA) is 0 Å². The monoisotopic (exact) mass is 288 g/mol. The molecule has 0 nitrogen and oxygen atoms in total. The Balaban J connectivity index is -0.000000104. The molecule has 1 unspecified atom stereocenters. The quantitative estimate of drug-likeness (QED) is 0.441. The lowest BCUT2D eigenvalue weighted by Crippen LogP contribution is -2.02. The van der Waals surface area contributed by atoms with Crippen molar-refractivity contribution in [2.75, 3.05) is 0 Å². The van der Waals surface area contributed by atoms with E-state index in [0.29, 0.717) is 0 Å². The Kier molecular flexibility index (Phi) is 38.6. The SMILES string of the molecule is CC.CC.CCCCC(C)C.CCCCC(C)C(C)C. The van der Waals surface area contributed by atoms with Gasteiger partial charge in [0.2, 0.25) is 0 Å². The first-order chi connectivity index (χ1) is 9.45. The third-order valence-electron chi connectivity index (χ3n) is 3.29.